The van der Waals surface area contributed by atoms with E-state index in [1.54, 1.807) is 0 Å². The van der Waals surface area contributed by atoms with E-state index < -0.39 is 0 Å². The van der Waals surface area contributed by atoms with Gasteiger partial charge in [-0.2, -0.15) is 0 Å². The predicted molar refractivity (Wildman–Crippen MR) is 121 cm³/mol. The number of pyridine rings is 1. The standard InChI is InChI=1S/C26H25N3O/c30-26-19-13-7-9-15-22(19)28-25-24-20(16-29(25)26)23(17-10-4-2-1-3-5-11-17)18-12-6-8-14-21(18)27-24/h6-9,12-15,17H,1-5,10-11,16H2. The average Bonchev–Trinajstić information content (AvgIpc) is 3.11. The Balaban J connectivity index is 1.62. The molecule has 30 heavy (non-hydrogen) atoms. The summed E-state index contributed by atoms with van der Waals surface area (Å²) in [6.07, 6.45) is 9.03. The molecule has 1 aliphatic carbocycles. The third kappa shape index (κ3) is 2.70. The molecule has 0 spiro atoms. The first-order valence-electron chi connectivity index (χ1n) is 11.2. The molecule has 0 amide bonds. The fraction of sp³-hybridized carbons (Fsp3) is 0.346. The van der Waals surface area contributed by atoms with E-state index in [2.05, 4.69) is 24.3 Å². The van der Waals surface area contributed by atoms with Gasteiger partial charge in [0.1, 0.15) is 5.69 Å². The van der Waals surface area contributed by atoms with Gasteiger partial charge in [0.2, 0.25) is 0 Å². The molecule has 4 nitrogen and oxygen atoms in total. The summed E-state index contributed by atoms with van der Waals surface area (Å²) >= 11 is 0. The molecule has 1 saturated carbocycles. The molecule has 0 unspecified atom stereocenters. The smallest absolute Gasteiger partial charge is 0.262 e. The zero-order valence-corrected chi connectivity index (χ0v) is 17.1. The third-order valence-corrected chi connectivity index (χ3v) is 6.94. The van der Waals surface area contributed by atoms with Crippen LogP contribution in [0.2, 0.25) is 0 Å². The Morgan fingerprint density at radius 2 is 1.40 bits per heavy atom. The van der Waals surface area contributed by atoms with Crippen molar-refractivity contribution in [2.24, 2.45) is 0 Å². The topological polar surface area (TPSA) is 47.8 Å². The summed E-state index contributed by atoms with van der Waals surface area (Å²) in [6.45, 7) is 0.588. The van der Waals surface area contributed by atoms with Crippen molar-refractivity contribution in [3.05, 3.63) is 70.0 Å². The van der Waals surface area contributed by atoms with Crippen molar-refractivity contribution in [1.82, 2.24) is 14.5 Å². The lowest BCUT2D eigenvalue weighted by atomic mass is 9.82. The van der Waals surface area contributed by atoms with Gasteiger partial charge in [0.15, 0.2) is 5.82 Å². The Kier molecular flexibility index (Phi) is 4.19. The van der Waals surface area contributed by atoms with Gasteiger partial charge in [0.05, 0.1) is 23.0 Å². The van der Waals surface area contributed by atoms with Crippen molar-refractivity contribution in [1.29, 1.82) is 0 Å². The van der Waals surface area contributed by atoms with Gasteiger partial charge in [0.25, 0.3) is 5.56 Å². The van der Waals surface area contributed by atoms with Gasteiger partial charge in [-0.1, -0.05) is 62.4 Å². The number of nitrogens with zero attached hydrogens (tertiary/aromatic N) is 3. The SMILES string of the molecule is O=c1c2ccccc2nc2n1Cc1c-2nc2ccccc2c1C1CCCCCCC1. The van der Waals surface area contributed by atoms with E-state index >= 15 is 0 Å². The molecule has 0 radical (unpaired) electrons. The van der Waals surface area contributed by atoms with E-state index in [-0.39, 0.29) is 5.56 Å². The first kappa shape index (κ1) is 17.8. The molecule has 3 heterocycles. The summed E-state index contributed by atoms with van der Waals surface area (Å²) in [6, 6.07) is 16.1. The maximum absolute atomic E-state index is 13.3. The van der Waals surface area contributed by atoms with Gasteiger partial charge in [-0.3, -0.25) is 9.36 Å². The number of aromatic nitrogens is 3. The number of hydrogen-bond acceptors (Lipinski definition) is 3. The highest BCUT2D eigenvalue weighted by Crippen LogP contribution is 2.42. The first-order chi connectivity index (χ1) is 14.8. The predicted octanol–water partition coefficient (Wildman–Crippen LogP) is 5.80. The molecule has 1 aliphatic heterocycles. The molecule has 150 valence electrons. The molecule has 2 aliphatic rings. The fourth-order valence-electron chi connectivity index (χ4n) is 5.49. The Morgan fingerprint density at radius 1 is 0.767 bits per heavy atom. The summed E-state index contributed by atoms with van der Waals surface area (Å²) < 4.78 is 1.84. The van der Waals surface area contributed by atoms with Gasteiger partial charge in [-0.05, 0) is 42.5 Å². The van der Waals surface area contributed by atoms with E-state index in [4.69, 9.17) is 9.97 Å². The van der Waals surface area contributed by atoms with Crippen LogP contribution in [0.3, 0.4) is 0 Å². The minimum Gasteiger partial charge on any atom is -0.286 e. The zero-order chi connectivity index (χ0) is 20.1. The van der Waals surface area contributed by atoms with E-state index in [1.165, 1.54) is 61.5 Å². The number of para-hydroxylation sites is 2. The molecule has 6 rings (SSSR count). The molecular formula is C26H25N3O. The van der Waals surface area contributed by atoms with Crippen LogP contribution in [-0.4, -0.2) is 14.5 Å². The van der Waals surface area contributed by atoms with Gasteiger partial charge in [-0.15, -0.1) is 0 Å². The van der Waals surface area contributed by atoms with Crippen molar-refractivity contribution in [3.63, 3.8) is 0 Å². The molecular weight excluding hydrogens is 370 g/mol. The van der Waals surface area contributed by atoms with Crippen LogP contribution in [0.4, 0.5) is 0 Å². The first-order valence-corrected chi connectivity index (χ1v) is 11.2. The van der Waals surface area contributed by atoms with Crippen molar-refractivity contribution in [3.8, 4) is 11.5 Å². The monoisotopic (exact) mass is 395 g/mol. The minimum atomic E-state index is 0.0428. The molecule has 0 saturated heterocycles. The Hall–Kier alpha value is -3.01. The van der Waals surface area contributed by atoms with Gasteiger partial charge >= 0.3 is 0 Å². The number of hydrogen-bond donors (Lipinski definition) is 0. The lowest BCUT2D eigenvalue weighted by Gasteiger charge is -2.24. The van der Waals surface area contributed by atoms with Crippen LogP contribution in [-0.2, 0) is 6.54 Å². The van der Waals surface area contributed by atoms with Gasteiger partial charge in [-0.25, -0.2) is 9.97 Å². The molecule has 2 aromatic heterocycles. The third-order valence-electron chi connectivity index (χ3n) is 6.94. The number of fused-ring (bicyclic) bond motifs is 5. The van der Waals surface area contributed by atoms with E-state index in [1.807, 2.05) is 28.8 Å². The summed E-state index contributed by atoms with van der Waals surface area (Å²) in [5.74, 6) is 1.26. The van der Waals surface area contributed by atoms with Crippen molar-refractivity contribution >= 4 is 21.8 Å². The van der Waals surface area contributed by atoms with Crippen molar-refractivity contribution in [2.75, 3.05) is 0 Å². The second kappa shape index (κ2) is 7.05. The fourth-order valence-corrected chi connectivity index (χ4v) is 5.49. The lowest BCUT2D eigenvalue weighted by Crippen LogP contribution is -2.20. The van der Waals surface area contributed by atoms with Crippen molar-refractivity contribution < 1.29 is 0 Å². The molecule has 0 atom stereocenters. The van der Waals surface area contributed by atoms with E-state index in [9.17, 15) is 4.79 Å². The quantitative estimate of drug-likeness (QED) is 0.360. The van der Waals surface area contributed by atoms with E-state index in [0.717, 1.165) is 22.6 Å². The summed E-state index contributed by atoms with van der Waals surface area (Å²) in [5, 5.41) is 1.94. The van der Waals surface area contributed by atoms with Gasteiger partial charge in [0, 0.05) is 10.9 Å². The number of benzene rings is 2. The summed E-state index contributed by atoms with van der Waals surface area (Å²) in [5.41, 5.74) is 5.37. The van der Waals surface area contributed by atoms with E-state index in [0.29, 0.717) is 17.8 Å². The molecule has 0 N–H and O–H groups in total. The summed E-state index contributed by atoms with van der Waals surface area (Å²) in [7, 11) is 0. The van der Waals surface area contributed by atoms with Crippen LogP contribution >= 0.6 is 0 Å². The highest BCUT2D eigenvalue weighted by Gasteiger charge is 2.30. The molecule has 4 aromatic rings. The Bertz CT molecular complexity index is 1330. The van der Waals surface area contributed by atoms with Crippen LogP contribution in [0.25, 0.3) is 33.3 Å². The maximum Gasteiger partial charge on any atom is 0.262 e. The average molecular weight is 396 g/mol. The Morgan fingerprint density at radius 3 is 2.17 bits per heavy atom. The minimum absolute atomic E-state index is 0.0428. The lowest BCUT2D eigenvalue weighted by molar-refractivity contribution is 0.455. The van der Waals surface area contributed by atoms with Crippen molar-refractivity contribution in [2.45, 2.75) is 57.4 Å². The summed E-state index contributed by atoms with van der Waals surface area (Å²) in [4.78, 5) is 23.2. The molecule has 0 bridgehead atoms. The highest BCUT2D eigenvalue weighted by molar-refractivity contribution is 5.89. The molecule has 4 heteroatoms. The zero-order valence-electron chi connectivity index (χ0n) is 17.1. The van der Waals surface area contributed by atoms with Gasteiger partial charge < -0.3 is 0 Å². The van der Waals surface area contributed by atoms with Crippen LogP contribution in [0.1, 0.15) is 62.0 Å². The van der Waals surface area contributed by atoms with Crippen LogP contribution in [0.5, 0.6) is 0 Å². The largest absolute Gasteiger partial charge is 0.286 e. The van der Waals surface area contributed by atoms with Crippen LogP contribution in [0, 0.1) is 0 Å². The molecule has 1 fully saturated rings. The maximum atomic E-state index is 13.3. The second-order valence-electron chi connectivity index (χ2n) is 8.76. The normalized spacial score (nSPS) is 16.9. The Labute approximate surface area is 175 Å². The number of rotatable bonds is 1. The van der Waals surface area contributed by atoms with Crippen LogP contribution < -0.4 is 5.56 Å². The van der Waals surface area contributed by atoms with Crippen LogP contribution in [0.15, 0.2) is 53.3 Å². The second-order valence-corrected chi connectivity index (χ2v) is 8.76. The highest BCUT2D eigenvalue weighted by atomic mass is 16.1. The molecule has 2 aromatic carbocycles.